The molecule has 0 aliphatic rings. The average molecular weight is 376 g/mol. The maximum Gasteiger partial charge on any atom is 0.408 e. The molecule has 0 radical (unpaired) electrons. The first-order chi connectivity index (χ1) is 12.9. The third kappa shape index (κ3) is 4.49. The van der Waals surface area contributed by atoms with Crippen molar-refractivity contribution in [2.24, 2.45) is 0 Å². The van der Waals surface area contributed by atoms with Crippen LogP contribution in [0, 0.1) is 6.92 Å². The van der Waals surface area contributed by atoms with Gasteiger partial charge in [-0.2, -0.15) is 18.3 Å². The molecule has 27 heavy (non-hydrogen) atoms. The SMILES string of the molecule is Cc1cc(C=O)c(OCc2cccnc2-c2ccnn2CC(F)(F)F)cn1. The van der Waals surface area contributed by atoms with Gasteiger partial charge in [-0.1, -0.05) is 6.07 Å². The molecule has 0 aliphatic carbocycles. The third-order valence-corrected chi connectivity index (χ3v) is 3.72. The predicted molar refractivity (Wildman–Crippen MR) is 90.2 cm³/mol. The fourth-order valence-electron chi connectivity index (χ4n) is 2.55. The van der Waals surface area contributed by atoms with Crippen LogP contribution in [0.5, 0.6) is 5.75 Å². The minimum atomic E-state index is -4.40. The summed E-state index contributed by atoms with van der Waals surface area (Å²) in [5.74, 6) is 0.286. The highest BCUT2D eigenvalue weighted by Crippen LogP contribution is 2.26. The zero-order valence-electron chi connectivity index (χ0n) is 14.3. The normalized spacial score (nSPS) is 11.4. The van der Waals surface area contributed by atoms with E-state index in [0.717, 1.165) is 4.68 Å². The zero-order valence-corrected chi connectivity index (χ0v) is 14.3. The number of hydrogen-bond acceptors (Lipinski definition) is 5. The Kier molecular flexibility index (Phi) is 5.20. The van der Waals surface area contributed by atoms with Crippen LogP contribution in [0.4, 0.5) is 13.2 Å². The molecule has 3 aromatic heterocycles. The van der Waals surface area contributed by atoms with E-state index < -0.39 is 12.7 Å². The Labute approximate surface area is 152 Å². The van der Waals surface area contributed by atoms with Crippen LogP contribution in [0.25, 0.3) is 11.4 Å². The van der Waals surface area contributed by atoms with Crippen molar-refractivity contribution in [2.75, 3.05) is 0 Å². The van der Waals surface area contributed by atoms with E-state index in [4.69, 9.17) is 4.74 Å². The summed E-state index contributed by atoms with van der Waals surface area (Å²) < 4.78 is 44.8. The molecule has 3 rings (SSSR count). The molecule has 0 amide bonds. The highest BCUT2D eigenvalue weighted by molar-refractivity contribution is 5.79. The molecule has 9 heteroatoms. The lowest BCUT2D eigenvalue weighted by molar-refractivity contribution is -0.142. The standard InChI is InChI=1S/C18H15F3N4O2/c1-12-7-14(9-26)16(8-23-12)27-10-13-3-2-5-22-17(13)15-4-6-24-25(15)11-18(19,20)21/h2-9H,10-11H2,1H3. The molecule has 0 saturated carbocycles. The van der Waals surface area contributed by atoms with Gasteiger partial charge in [0, 0.05) is 23.7 Å². The molecule has 0 saturated heterocycles. The van der Waals surface area contributed by atoms with Crippen LogP contribution in [0.2, 0.25) is 0 Å². The van der Waals surface area contributed by atoms with Crippen LogP contribution >= 0.6 is 0 Å². The summed E-state index contributed by atoms with van der Waals surface area (Å²) in [7, 11) is 0. The number of aldehydes is 1. The van der Waals surface area contributed by atoms with Crippen LogP contribution < -0.4 is 4.74 Å². The minimum absolute atomic E-state index is 0.00590. The third-order valence-electron chi connectivity index (χ3n) is 3.72. The number of aromatic nitrogens is 4. The van der Waals surface area contributed by atoms with Crippen molar-refractivity contribution in [3.05, 3.63) is 59.7 Å². The molecule has 0 bridgehead atoms. The summed E-state index contributed by atoms with van der Waals surface area (Å²) in [6.45, 7) is 0.535. The molecule has 0 spiro atoms. The van der Waals surface area contributed by atoms with Crippen molar-refractivity contribution in [3.8, 4) is 17.1 Å². The van der Waals surface area contributed by atoms with Crippen molar-refractivity contribution >= 4 is 6.29 Å². The maximum atomic E-state index is 12.8. The van der Waals surface area contributed by atoms with Gasteiger partial charge in [0.05, 0.1) is 23.1 Å². The molecule has 0 N–H and O–H groups in total. The van der Waals surface area contributed by atoms with Crippen molar-refractivity contribution in [3.63, 3.8) is 0 Å². The first-order valence-electron chi connectivity index (χ1n) is 7.95. The van der Waals surface area contributed by atoms with E-state index in [9.17, 15) is 18.0 Å². The molecule has 0 aliphatic heterocycles. The van der Waals surface area contributed by atoms with Gasteiger partial charge in [0.1, 0.15) is 18.9 Å². The molecule has 0 atom stereocenters. The number of hydrogen-bond donors (Lipinski definition) is 0. The number of halogens is 3. The van der Waals surface area contributed by atoms with Gasteiger partial charge in [0.15, 0.2) is 6.29 Å². The van der Waals surface area contributed by atoms with Crippen molar-refractivity contribution in [2.45, 2.75) is 26.3 Å². The molecule has 140 valence electrons. The summed E-state index contributed by atoms with van der Waals surface area (Å²) in [4.78, 5) is 19.5. The second kappa shape index (κ2) is 7.56. The second-order valence-corrected chi connectivity index (χ2v) is 5.77. The largest absolute Gasteiger partial charge is 0.486 e. The van der Waals surface area contributed by atoms with Crippen molar-refractivity contribution in [1.82, 2.24) is 19.7 Å². The van der Waals surface area contributed by atoms with Gasteiger partial charge >= 0.3 is 6.18 Å². The van der Waals surface area contributed by atoms with Crippen LogP contribution in [0.3, 0.4) is 0 Å². The van der Waals surface area contributed by atoms with Crippen molar-refractivity contribution in [1.29, 1.82) is 0 Å². The predicted octanol–water partition coefficient (Wildman–Crippen LogP) is 3.60. The Bertz CT molecular complexity index is 954. The lowest BCUT2D eigenvalue weighted by Gasteiger charge is -2.14. The number of pyridine rings is 2. The topological polar surface area (TPSA) is 69.9 Å². The van der Waals surface area contributed by atoms with E-state index in [1.807, 2.05) is 0 Å². The van der Waals surface area contributed by atoms with E-state index in [2.05, 4.69) is 15.1 Å². The Morgan fingerprint density at radius 2 is 2.04 bits per heavy atom. The number of ether oxygens (including phenoxy) is 1. The maximum absolute atomic E-state index is 12.8. The number of alkyl halides is 3. The van der Waals surface area contributed by atoms with Gasteiger partial charge < -0.3 is 4.74 Å². The van der Waals surface area contributed by atoms with Gasteiger partial charge in [0.25, 0.3) is 0 Å². The summed E-state index contributed by atoms with van der Waals surface area (Å²) in [6.07, 6.45) is 0.455. The van der Waals surface area contributed by atoms with E-state index in [-0.39, 0.29) is 18.1 Å². The quantitative estimate of drug-likeness (QED) is 0.615. The molecular formula is C18H15F3N4O2. The highest BCUT2D eigenvalue weighted by Gasteiger charge is 2.30. The lowest BCUT2D eigenvalue weighted by Crippen LogP contribution is -2.19. The fourth-order valence-corrected chi connectivity index (χ4v) is 2.55. The molecular weight excluding hydrogens is 361 g/mol. The summed E-state index contributed by atoms with van der Waals surface area (Å²) in [6, 6.07) is 6.39. The van der Waals surface area contributed by atoms with Gasteiger partial charge in [-0.3, -0.25) is 19.4 Å². The first kappa shape index (κ1) is 18.6. The summed E-state index contributed by atoms with van der Waals surface area (Å²) in [5.41, 5.74) is 2.12. The molecule has 0 unspecified atom stereocenters. The van der Waals surface area contributed by atoms with E-state index in [1.165, 1.54) is 24.7 Å². The number of aryl methyl sites for hydroxylation is 1. The molecule has 3 heterocycles. The molecule has 0 fully saturated rings. The van der Waals surface area contributed by atoms with E-state index in [0.29, 0.717) is 28.8 Å². The Morgan fingerprint density at radius 1 is 1.22 bits per heavy atom. The van der Waals surface area contributed by atoms with E-state index >= 15 is 0 Å². The van der Waals surface area contributed by atoms with Crippen LogP contribution in [-0.2, 0) is 13.2 Å². The van der Waals surface area contributed by atoms with Gasteiger partial charge in [-0.25, -0.2) is 0 Å². The minimum Gasteiger partial charge on any atom is -0.486 e. The molecule has 6 nitrogen and oxygen atoms in total. The van der Waals surface area contributed by atoms with Gasteiger partial charge in [-0.15, -0.1) is 0 Å². The number of carbonyl (C=O) groups is 1. The summed E-state index contributed by atoms with van der Waals surface area (Å²) >= 11 is 0. The monoisotopic (exact) mass is 376 g/mol. The van der Waals surface area contributed by atoms with Gasteiger partial charge in [0.2, 0.25) is 0 Å². The summed E-state index contributed by atoms with van der Waals surface area (Å²) in [5, 5.41) is 3.73. The van der Waals surface area contributed by atoms with Crippen LogP contribution in [0.1, 0.15) is 21.6 Å². The highest BCUT2D eigenvalue weighted by atomic mass is 19.4. The second-order valence-electron chi connectivity index (χ2n) is 5.77. The Hall–Kier alpha value is -3.23. The number of rotatable bonds is 6. The number of carbonyl (C=O) groups excluding carboxylic acids is 1. The van der Waals surface area contributed by atoms with Crippen LogP contribution in [0.15, 0.2) is 42.9 Å². The Balaban J connectivity index is 1.88. The van der Waals surface area contributed by atoms with Crippen molar-refractivity contribution < 1.29 is 22.7 Å². The number of nitrogens with zero attached hydrogens (tertiary/aromatic N) is 4. The molecule has 0 aromatic carbocycles. The smallest absolute Gasteiger partial charge is 0.408 e. The van der Waals surface area contributed by atoms with E-state index in [1.54, 1.807) is 25.1 Å². The van der Waals surface area contributed by atoms with Crippen LogP contribution in [-0.4, -0.2) is 32.2 Å². The fraction of sp³-hybridized carbons (Fsp3) is 0.222. The average Bonchev–Trinajstić information content (AvgIpc) is 3.06. The lowest BCUT2D eigenvalue weighted by atomic mass is 10.1. The Morgan fingerprint density at radius 3 is 2.78 bits per heavy atom. The first-order valence-corrected chi connectivity index (χ1v) is 7.95. The molecule has 3 aromatic rings. The zero-order chi connectivity index (χ0) is 19.4. The van der Waals surface area contributed by atoms with Gasteiger partial charge in [-0.05, 0) is 25.1 Å².